The Hall–Kier alpha value is -2.68. The van der Waals surface area contributed by atoms with E-state index in [-0.39, 0.29) is 22.5 Å². The van der Waals surface area contributed by atoms with Crippen LogP contribution in [0.5, 0.6) is 0 Å². The van der Waals surface area contributed by atoms with Crippen molar-refractivity contribution in [1.82, 2.24) is 0 Å². The molecule has 228 valence electrons. The van der Waals surface area contributed by atoms with E-state index in [4.69, 9.17) is 9.78 Å². The van der Waals surface area contributed by atoms with Gasteiger partial charge in [-0.05, 0) is 114 Å². The minimum absolute atomic E-state index is 0.138. The molecular formula is C40H56O2. The molecule has 0 saturated heterocycles. The first-order valence-corrected chi connectivity index (χ1v) is 15.9. The van der Waals surface area contributed by atoms with Crippen molar-refractivity contribution in [3.05, 3.63) is 118 Å². The van der Waals surface area contributed by atoms with Crippen molar-refractivity contribution >= 4 is 0 Å². The highest BCUT2D eigenvalue weighted by Crippen LogP contribution is 2.50. The topological polar surface area (TPSA) is 18.5 Å². The molecule has 2 atom stereocenters. The molecule has 3 aliphatic rings. The summed E-state index contributed by atoms with van der Waals surface area (Å²) in [6, 6.07) is 0. The SMILES string of the molecule is CC1=C(/C=C/C(C)=C/C=C/C(C)=C/C=C\C=C(C)\C=C\C=C(/C)C2C=C3C(C)(C)CCCC3(C)OO2)C(C)(C)CCC1. The Bertz CT molecular complexity index is 1280. The van der Waals surface area contributed by atoms with Gasteiger partial charge >= 0.3 is 0 Å². The van der Waals surface area contributed by atoms with Gasteiger partial charge in [0.25, 0.3) is 0 Å². The van der Waals surface area contributed by atoms with Crippen LogP contribution in [0.1, 0.15) is 108 Å². The molecule has 2 aliphatic carbocycles. The minimum atomic E-state index is -0.293. The van der Waals surface area contributed by atoms with Gasteiger partial charge in [-0.3, -0.25) is 0 Å². The largest absolute Gasteiger partial charge is 0.225 e. The number of hydrogen-bond acceptors (Lipinski definition) is 2. The van der Waals surface area contributed by atoms with Crippen LogP contribution in [0.15, 0.2) is 118 Å². The van der Waals surface area contributed by atoms with E-state index < -0.39 is 0 Å². The number of allylic oxidation sites excluding steroid dienone is 17. The van der Waals surface area contributed by atoms with Crippen LogP contribution >= 0.6 is 0 Å². The summed E-state index contributed by atoms with van der Waals surface area (Å²) in [4.78, 5) is 11.8. The van der Waals surface area contributed by atoms with Gasteiger partial charge in [-0.1, -0.05) is 123 Å². The lowest BCUT2D eigenvalue weighted by Crippen LogP contribution is -2.46. The summed E-state index contributed by atoms with van der Waals surface area (Å²) < 4.78 is 0. The van der Waals surface area contributed by atoms with Crippen molar-refractivity contribution in [2.24, 2.45) is 10.8 Å². The molecule has 1 aliphatic heterocycles. The van der Waals surface area contributed by atoms with E-state index in [0.29, 0.717) is 0 Å². The van der Waals surface area contributed by atoms with E-state index in [1.54, 1.807) is 5.57 Å². The highest BCUT2D eigenvalue weighted by Gasteiger charge is 2.46. The van der Waals surface area contributed by atoms with Crippen LogP contribution in [0.25, 0.3) is 0 Å². The van der Waals surface area contributed by atoms with Crippen molar-refractivity contribution in [1.29, 1.82) is 0 Å². The molecule has 42 heavy (non-hydrogen) atoms. The quantitative estimate of drug-likeness (QED) is 0.156. The Morgan fingerprint density at radius 2 is 1.29 bits per heavy atom. The number of fused-ring (bicyclic) bond motifs is 1. The Morgan fingerprint density at radius 1 is 0.714 bits per heavy atom. The van der Waals surface area contributed by atoms with Gasteiger partial charge in [0.15, 0.2) is 0 Å². The lowest BCUT2D eigenvalue weighted by atomic mass is 9.65. The van der Waals surface area contributed by atoms with Gasteiger partial charge in [0.2, 0.25) is 0 Å². The van der Waals surface area contributed by atoms with E-state index >= 15 is 0 Å². The van der Waals surface area contributed by atoms with Crippen LogP contribution in [-0.4, -0.2) is 11.7 Å². The summed E-state index contributed by atoms with van der Waals surface area (Å²) in [6.07, 6.45) is 35.2. The fraction of sp³-hybridized carbons (Fsp3) is 0.500. The Balaban J connectivity index is 1.52. The molecule has 3 rings (SSSR count). The molecule has 2 heteroatoms. The van der Waals surface area contributed by atoms with Crippen molar-refractivity contribution in [3.8, 4) is 0 Å². The molecule has 2 nitrogen and oxygen atoms in total. The van der Waals surface area contributed by atoms with Crippen LogP contribution in [0.3, 0.4) is 0 Å². The Labute approximate surface area is 257 Å². The molecule has 2 unspecified atom stereocenters. The Kier molecular flexibility index (Phi) is 11.8. The van der Waals surface area contributed by atoms with Crippen LogP contribution in [0.2, 0.25) is 0 Å². The fourth-order valence-corrected chi connectivity index (χ4v) is 6.49. The van der Waals surface area contributed by atoms with E-state index in [1.807, 2.05) is 0 Å². The second kappa shape index (κ2) is 14.7. The second-order valence-corrected chi connectivity index (χ2v) is 14.2. The minimum Gasteiger partial charge on any atom is -0.225 e. The van der Waals surface area contributed by atoms with Gasteiger partial charge in [0.1, 0.15) is 11.7 Å². The molecule has 0 aromatic carbocycles. The van der Waals surface area contributed by atoms with Crippen molar-refractivity contribution in [2.45, 2.75) is 119 Å². The summed E-state index contributed by atoms with van der Waals surface area (Å²) in [5.41, 5.74) is 9.38. The van der Waals surface area contributed by atoms with Gasteiger partial charge in [0, 0.05) is 0 Å². The summed E-state index contributed by atoms with van der Waals surface area (Å²) in [6.45, 7) is 22.4. The predicted molar refractivity (Wildman–Crippen MR) is 182 cm³/mol. The van der Waals surface area contributed by atoms with Gasteiger partial charge in [-0.2, -0.15) is 0 Å². The molecule has 0 aromatic heterocycles. The van der Waals surface area contributed by atoms with Crippen LogP contribution < -0.4 is 0 Å². The van der Waals surface area contributed by atoms with Gasteiger partial charge in [-0.15, -0.1) is 0 Å². The summed E-state index contributed by atoms with van der Waals surface area (Å²) in [5, 5.41) is 0. The highest BCUT2D eigenvalue weighted by molar-refractivity contribution is 5.38. The molecule has 1 heterocycles. The average Bonchev–Trinajstić information content (AvgIpc) is 2.90. The molecule has 0 amide bonds. The third-order valence-electron chi connectivity index (χ3n) is 9.18. The van der Waals surface area contributed by atoms with Gasteiger partial charge in [-0.25, -0.2) is 9.78 Å². The van der Waals surface area contributed by atoms with E-state index in [2.05, 4.69) is 148 Å². The zero-order chi connectivity index (χ0) is 31.0. The third kappa shape index (κ3) is 9.41. The molecule has 0 N–H and O–H groups in total. The first-order valence-electron chi connectivity index (χ1n) is 15.9. The van der Waals surface area contributed by atoms with Crippen molar-refractivity contribution in [2.75, 3.05) is 0 Å². The molecule has 1 saturated carbocycles. The molecule has 0 aromatic rings. The highest BCUT2D eigenvalue weighted by atomic mass is 17.2. The summed E-state index contributed by atoms with van der Waals surface area (Å²) in [7, 11) is 0. The summed E-state index contributed by atoms with van der Waals surface area (Å²) in [5.74, 6) is 0. The second-order valence-electron chi connectivity index (χ2n) is 14.2. The maximum Gasteiger partial charge on any atom is 0.133 e. The lowest BCUT2D eigenvalue weighted by Gasteiger charge is -2.47. The normalized spacial score (nSPS) is 28.0. The summed E-state index contributed by atoms with van der Waals surface area (Å²) >= 11 is 0. The number of rotatable bonds is 9. The molecule has 0 spiro atoms. The van der Waals surface area contributed by atoms with E-state index in [1.165, 1.54) is 60.0 Å². The average molecular weight is 569 g/mol. The monoisotopic (exact) mass is 568 g/mol. The molecular weight excluding hydrogens is 512 g/mol. The van der Waals surface area contributed by atoms with Crippen LogP contribution in [0, 0.1) is 10.8 Å². The van der Waals surface area contributed by atoms with Crippen molar-refractivity contribution < 1.29 is 9.78 Å². The van der Waals surface area contributed by atoms with Gasteiger partial charge < -0.3 is 0 Å². The van der Waals surface area contributed by atoms with Gasteiger partial charge in [0.05, 0.1) is 0 Å². The third-order valence-corrected chi connectivity index (χ3v) is 9.18. The molecule has 1 fully saturated rings. The van der Waals surface area contributed by atoms with Crippen LogP contribution in [-0.2, 0) is 9.78 Å². The predicted octanol–water partition coefficient (Wildman–Crippen LogP) is 11.7. The Morgan fingerprint density at radius 3 is 1.93 bits per heavy atom. The molecule has 0 radical (unpaired) electrons. The smallest absolute Gasteiger partial charge is 0.133 e. The van der Waals surface area contributed by atoms with Crippen LogP contribution in [0.4, 0.5) is 0 Å². The maximum atomic E-state index is 5.96. The zero-order valence-electron chi connectivity index (χ0n) is 28.1. The first-order chi connectivity index (χ1) is 19.7. The fourth-order valence-electron chi connectivity index (χ4n) is 6.49. The standard InChI is InChI=1S/C40H56O2/c1-30(19-13-20-32(3)24-25-35-33(4)23-15-26-38(35,6)7)17-11-12-18-31(2)21-14-22-34(5)36-29-37-39(8,9)27-16-28-40(37,10)42-41-36/h11-14,17-22,24-25,29,36H,15-16,23,26-28H2,1-10H3/b12-11-,19-13+,21-14+,25-24+,30-17+,31-18+,32-20+,34-22+. The van der Waals surface area contributed by atoms with Crippen molar-refractivity contribution in [3.63, 3.8) is 0 Å². The van der Waals surface area contributed by atoms with E-state index in [9.17, 15) is 0 Å². The molecule has 0 bridgehead atoms. The zero-order valence-corrected chi connectivity index (χ0v) is 28.1. The first kappa shape index (κ1) is 33.8. The lowest BCUT2D eigenvalue weighted by molar-refractivity contribution is -0.372. The van der Waals surface area contributed by atoms with E-state index in [0.717, 1.165) is 12.0 Å². The number of hydrogen-bond donors (Lipinski definition) is 0. The maximum absolute atomic E-state index is 5.96.